The van der Waals surface area contributed by atoms with Crippen LogP contribution in [0.4, 0.5) is 5.69 Å². The van der Waals surface area contributed by atoms with Crippen molar-refractivity contribution < 1.29 is 14.4 Å². The predicted molar refractivity (Wildman–Crippen MR) is 91.1 cm³/mol. The molecule has 6 heteroatoms. The minimum absolute atomic E-state index is 0.0627. The number of ether oxygens (including phenoxy) is 1. The summed E-state index contributed by atoms with van der Waals surface area (Å²) in [6.07, 6.45) is 0. The average Bonchev–Trinajstić information content (AvgIpc) is 2.84. The van der Waals surface area contributed by atoms with Gasteiger partial charge >= 0.3 is 0 Å². The van der Waals surface area contributed by atoms with Crippen LogP contribution in [-0.2, 0) is 11.3 Å². The van der Waals surface area contributed by atoms with Crippen molar-refractivity contribution >= 4 is 34.5 Å². The maximum Gasteiger partial charge on any atom is 0.279 e. The van der Waals surface area contributed by atoms with Gasteiger partial charge in [0.05, 0.1) is 24.7 Å². The van der Waals surface area contributed by atoms with Gasteiger partial charge < -0.3 is 15.0 Å². The Morgan fingerprint density at radius 2 is 2.18 bits per heavy atom. The van der Waals surface area contributed by atoms with Gasteiger partial charge in [-0.2, -0.15) is 0 Å². The number of thiophene rings is 1. The van der Waals surface area contributed by atoms with Crippen molar-refractivity contribution in [3.05, 3.63) is 45.1 Å². The van der Waals surface area contributed by atoms with E-state index >= 15 is 0 Å². The fourth-order valence-electron chi connectivity index (χ4n) is 2.17. The van der Waals surface area contributed by atoms with Crippen LogP contribution in [0.3, 0.4) is 0 Å². The first kappa shape index (κ1) is 16.8. The largest absolute Gasteiger partial charge is 0.495 e. The van der Waals surface area contributed by atoms with Crippen molar-refractivity contribution in [2.75, 3.05) is 26.0 Å². The molecule has 0 bridgehead atoms. The Morgan fingerprint density at radius 1 is 1.41 bits per heavy atom. The summed E-state index contributed by atoms with van der Waals surface area (Å²) in [6.45, 7) is 3.31. The molecule has 1 atom stereocenters. The molecule has 0 spiro atoms. The van der Waals surface area contributed by atoms with Gasteiger partial charge in [0.15, 0.2) is 6.54 Å². The molecule has 0 radical (unpaired) electrons. The van der Waals surface area contributed by atoms with E-state index in [9.17, 15) is 4.79 Å². The lowest BCUT2D eigenvalue weighted by atomic mass is 10.2. The Bertz CT molecular complexity index is 657. The van der Waals surface area contributed by atoms with Gasteiger partial charge in [-0.25, -0.2) is 0 Å². The molecule has 0 saturated carbocycles. The standard InChI is InChI=1S/C16H19ClN2O2S/c1-11-6-7-22-15(11)9-19(2)10-16(20)18-13-8-12(17)4-5-14(13)21-3/h4-8H,9-10H2,1-3H3,(H,18,20)/p+1. The molecule has 1 amide bonds. The Kier molecular flexibility index (Phi) is 5.83. The molecular formula is C16H20ClN2O2S+. The van der Waals surface area contributed by atoms with Crippen molar-refractivity contribution in [2.24, 2.45) is 0 Å². The Balaban J connectivity index is 1.95. The van der Waals surface area contributed by atoms with E-state index in [2.05, 4.69) is 23.7 Å². The second-order valence-electron chi connectivity index (χ2n) is 5.23. The second-order valence-corrected chi connectivity index (χ2v) is 6.67. The minimum Gasteiger partial charge on any atom is -0.495 e. The highest BCUT2D eigenvalue weighted by atomic mass is 35.5. The van der Waals surface area contributed by atoms with Crippen LogP contribution in [0.15, 0.2) is 29.6 Å². The maximum atomic E-state index is 12.2. The second kappa shape index (κ2) is 7.63. The number of methoxy groups -OCH3 is 1. The lowest BCUT2D eigenvalue weighted by molar-refractivity contribution is -0.884. The Labute approximate surface area is 139 Å². The first-order valence-corrected chi connectivity index (χ1v) is 8.23. The van der Waals surface area contributed by atoms with Crippen LogP contribution in [0, 0.1) is 6.92 Å². The van der Waals surface area contributed by atoms with Gasteiger partial charge in [-0.1, -0.05) is 11.6 Å². The third-order valence-corrected chi connectivity index (χ3v) is 4.59. The van der Waals surface area contributed by atoms with Crippen LogP contribution in [-0.4, -0.2) is 26.6 Å². The molecule has 0 aliphatic heterocycles. The summed E-state index contributed by atoms with van der Waals surface area (Å²) in [7, 11) is 3.57. The number of rotatable bonds is 6. The molecule has 22 heavy (non-hydrogen) atoms. The molecule has 1 aromatic carbocycles. The van der Waals surface area contributed by atoms with Gasteiger partial charge in [-0.15, -0.1) is 11.3 Å². The van der Waals surface area contributed by atoms with Crippen molar-refractivity contribution in [3.8, 4) is 5.75 Å². The number of carbonyl (C=O) groups is 1. The number of hydrogen-bond donors (Lipinski definition) is 2. The van der Waals surface area contributed by atoms with Gasteiger partial charge in [-0.05, 0) is 42.1 Å². The van der Waals surface area contributed by atoms with E-state index in [0.29, 0.717) is 23.0 Å². The molecular weight excluding hydrogens is 320 g/mol. The van der Waals surface area contributed by atoms with E-state index < -0.39 is 0 Å². The van der Waals surface area contributed by atoms with Crippen molar-refractivity contribution in [2.45, 2.75) is 13.5 Å². The number of halogens is 1. The topological polar surface area (TPSA) is 42.8 Å². The van der Waals surface area contributed by atoms with E-state index in [4.69, 9.17) is 16.3 Å². The summed E-state index contributed by atoms with van der Waals surface area (Å²) in [4.78, 5) is 14.6. The zero-order valence-electron chi connectivity index (χ0n) is 12.9. The van der Waals surface area contributed by atoms with Gasteiger partial charge in [0, 0.05) is 5.02 Å². The number of nitrogens with one attached hydrogen (secondary N) is 2. The van der Waals surface area contributed by atoms with Crippen molar-refractivity contribution in [1.29, 1.82) is 0 Å². The zero-order valence-corrected chi connectivity index (χ0v) is 14.5. The van der Waals surface area contributed by atoms with E-state index in [0.717, 1.165) is 11.4 Å². The average molecular weight is 340 g/mol. The number of anilines is 1. The fourth-order valence-corrected chi connectivity index (χ4v) is 3.36. The molecule has 118 valence electrons. The van der Waals surface area contributed by atoms with E-state index in [1.54, 1.807) is 36.6 Å². The molecule has 2 aromatic rings. The van der Waals surface area contributed by atoms with Crippen molar-refractivity contribution in [3.63, 3.8) is 0 Å². The molecule has 2 rings (SSSR count). The van der Waals surface area contributed by atoms with Crippen LogP contribution >= 0.6 is 22.9 Å². The molecule has 0 aliphatic rings. The third kappa shape index (κ3) is 4.47. The summed E-state index contributed by atoms with van der Waals surface area (Å²) >= 11 is 7.69. The monoisotopic (exact) mass is 339 g/mol. The highest BCUT2D eigenvalue weighted by Gasteiger charge is 2.14. The number of carbonyl (C=O) groups excluding carboxylic acids is 1. The van der Waals surface area contributed by atoms with Crippen molar-refractivity contribution in [1.82, 2.24) is 0 Å². The van der Waals surface area contributed by atoms with E-state index in [1.165, 1.54) is 10.4 Å². The molecule has 2 N–H and O–H groups in total. The summed E-state index contributed by atoms with van der Waals surface area (Å²) in [5.74, 6) is 0.539. The quantitative estimate of drug-likeness (QED) is 0.848. The number of benzene rings is 1. The lowest BCUT2D eigenvalue weighted by Crippen LogP contribution is -3.08. The molecule has 1 aromatic heterocycles. The van der Waals surface area contributed by atoms with Gasteiger partial charge in [-0.3, -0.25) is 4.79 Å². The summed E-state index contributed by atoms with van der Waals surface area (Å²) < 4.78 is 5.23. The smallest absolute Gasteiger partial charge is 0.279 e. The highest BCUT2D eigenvalue weighted by molar-refractivity contribution is 7.10. The molecule has 1 unspecified atom stereocenters. The number of quaternary nitrogens is 1. The van der Waals surface area contributed by atoms with E-state index in [1.807, 2.05) is 7.05 Å². The number of hydrogen-bond acceptors (Lipinski definition) is 3. The van der Waals surface area contributed by atoms with Crippen LogP contribution in [0.5, 0.6) is 5.75 Å². The molecule has 4 nitrogen and oxygen atoms in total. The summed E-state index contributed by atoms with van der Waals surface area (Å²) in [5, 5.41) is 5.50. The normalized spacial score (nSPS) is 12.0. The van der Waals surface area contributed by atoms with Gasteiger partial charge in [0.1, 0.15) is 12.3 Å². The molecule has 1 heterocycles. The Hall–Kier alpha value is -1.56. The molecule has 0 aliphatic carbocycles. The maximum absolute atomic E-state index is 12.2. The first-order chi connectivity index (χ1) is 10.5. The van der Waals surface area contributed by atoms with Crippen LogP contribution < -0.4 is 15.0 Å². The molecule has 0 fully saturated rings. The van der Waals surface area contributed by atoms with Crippen LogP contribution in [0.2, 0.25) is 5.02 Å². The minimum atomic E-state index is -0.0627. The number of likely N-dealkylation sites (N-methyl/N-ethyl adjacent to an activating group) is 1. The molecule has 0 saturated heterocycles. The number of amides is 1. The van der Waals surface area contributed by atoms with Crippen LogP contribution in [0.1, 0.15) is 10.4 Å². The van der Waals surface area contributed by atoms with Gasteiger partial charge in [0.2, 0.25) is 0 Å². The fraction of sp³-hybridized carbons (Fsp3) is 0.312. The summed E-state index contributed by atoms with van der Waals surface area (Å²) in [5.41, 5.74) is 1.88. The van der Waals surface area contributed by atoms with Gasteiger partial charge in [0.25, 0.3) is 5.91 Å². The zero-order chi connectivity index (χ0) is 16.1. The third-order valence-electron chi connectivity index (χ3n) is 3.33. The number of aryl methyl sites for hydroxylation is 1. The van der Waals surface area contributed by atoms with Crippen LogP contribution in [0.25, 0.3) is 0 Å². The predicted octanol–water partition coefficient (Wildman–Crippen LogP) is 2.37. The lowest BCUT2D eigenvalue weighted by Gasteiger charge is -2.15. The first-order valence-electron chi connectivity index (χ1n) is 6.97. The van der Waals surface area contributed by atoms with E-state index in [-0.39, 0.29) is 5.91 Å². The SMILES string of the molecule is COc1ccc(Cl)cc1NC(=O)C[NH+](C)Cc1sccc1C. The summed E-state index contributed by atoms with van der Waals surface area (Å²) in [6, 6.07) is 7.26. The Morgan fingerprint density at radius 3 is 2.82 bits per heavy atom. The highest BCUT2D eigenvalue weighted by Crippen LogP contribution is 2.27.